The zero-order valence-corrected chi connectivity index (χ0v) is 11.3. The van der Waals surface area contributed by atoms with Crippen molar-refractivity contribution in [1.29, 1.82) is 0 Å². The molecule has 1 heterocycles. The van der Waals surface area contributed by atoms with Crippen LogP contribution in [0.4, 0.5) is 16.2 Å². The number of nitrogen functional groups attached to an aromatic ring is 1. The summed E-state index contributed by atoms with van der Waals surface area (Å²) < 4.78 is 5.07. The maximum atomic E-state index is 11.9. The van der Waals surface area contributed by atoms with Crippen LogP contribution in [0.1, 0.15) is 0 Å². The molecule has 0 aromatic heterocycles. The molecule has 0 unspecified atom stereocenters. The van der Waals surface area contributed by atoms with Gasteiger partial charge in [0.1, 0.15) is 12.3 Å². The minimum Gasteiger partial charge on any atom is -0.497 e. The average Bonchev–Trinajstić information content (AvgIpc) is 2.78. The quantitative estimate of drug-likeness (QED) is 0.815. The number of carbonyl (C=O) groups excluding carboxylic acids is 2. The van der Waals surface area contributed by atoms with Gasteiger partial charge in [0.25, 0.3) is 5.24 Å². The number of nitrogens with two attached hydrogens (primary N) is 1. The predicted molar refractivity (Wildman–Crippen MR) is 75.5 cm³/mol. The monoisotopic (exact) mass is 281 g/mol. The van der Waals surface area contributed by atoms with Crippen LogP contribution in [-0.2, 0) is 4.79 Å². The van der Waals surface area contributed by atoms with Gasteiger partial charge in [-0.15, -0.1) is 0 Å². The summed E-state index contributed by atoms with van der Waals surface area (Å²) in [4.78, 5) is 24.8. The van der Waals surface area contributed by atoms with E-state index < -0.39 is 0 Å². The first-order valence-corrected chi connectivity index (χ1v) is 6.74. The molecule has 0 radical (unpaired) electrons. The van der Waals surface area contributed by atoms with E-state index in [0.29, 0.717) is 23.7 Å². The summed E-state index contributed by atoms with van der Waals surface area (Å²) in [6.45, 7) is 0.646. The molecule has 1 saturated heterocycles. The largest absolute Gasteiger partial charge is 0.497 e. The molecule has 1 aromatic carbocycles. The highest BCUT2D eigenvalue weighted by atomic mass is 32.2. The van der Waals surface area contributed by atoms with Gasteiger partial charge in [0.2, 0.25) is 5.91 Å². The number of methoxy groups -OCH3 is 1. The second-order valence-corrected chi connectivity index (χ2v) is 5.08. The molecular formula is C12H15N3O3S. The van der Waals surface area contributed by atoms with E-state index in [1.165, 1.54) is 23.8 Å². The van der Waals surface area contributed by atoms with Crippen LogP contribution in [0.5, 0.6) is 5.75 Å². The van der Waals surface area contributed by atoms with Crippen molar-refractivity contribution >= 4 is 34.3 Å². The van der Waals surface area contributed by atoms with Crippen molar-refractivity contribution in [3.8, 4) is 5.75 Å². The lowest BCUT2D eigenvalue weighted by atomic mass is 10.2. The first-order chi connectivity index (χ1) is 9.10. The van der Waals surface area contributed by atoms with Crippen molar-refractivity contribution in [3.05, 3.63) is 18.2 Å². The fraction of sp³-hybridized carbons (Fsp3) is 0.333. The number of benzene rings is 1. The predicted octanol–water partition coefficient (Wildman–Crippen LogP) is 1.38. The summed E-state index contributed by atoms with van der Waals surface area (Å²) in [6, 6.07) is 5.02. The molecule has 7 heteroatoms. The smallest absolute Gasteiger partial charge is 0.282 e. The second kappa shape index (κ2) is 5.83. The fourth-order valence-electron chi connectivity index (χ4n) is 1.70. The number of thioether (sulfide) groups is 1. The molecule has 19 heavy (non-hydrogen) atoms. The van der Waals surface area contributed by atoms with Crippen molar-refractivity contribution in [1.82, 2.24) is 4.90 Å². The first-order valence-electron chi connectivity index (χ1n) is 5.75. The number of rotatable bonds is 4. The van der Waals surface area contributed by atoms with Crippen LogP contribution in [0, 0.1) is 0 Å². The first kappa shape index (κ1) is 13.5. The van der Waals surface area contributed by atoms with Gasteiger partial charge in [0.05, 0.1) is 18.5 Å². The number of carbonyl (C=O) groups is 2. The Balaban J connectivity index is 2.00. The molecule has 2 amide bonds. The summed E-state index contributed by atoms with van der Waals surface area (Å²) in [5.41, 5.74) is 6.72. The van der Waals surface area contributed by atoms with Gasteiger partial charge in [0.15, 0.2) is 0 Å². The molecule has 0 spiro atoms. The molecule has 0 saturated carbocycles. The maximum absolute atomic E-state index is 11.9. The number of hydrogen-bond acceptors (Lipinski definition) is 5. The van der Waals surface area contributed by atoms with Gasteiger partial charge < -0.3 is 20.7 Å². The van der Waals surface area contributed by atoms with Crippen LogP contribution in [0.25, 0.3) is 0 Å². The topological polar surface area (TPSA) is 84.7 Å². The Kier molecular flexibility index (Phi) is 4.16. The highest BCUT2D eigenvalue weighted by molar-refractivity contribution is 8.13. The summed E-state index contributed by atoms with van der Waals surface area (Å²) in [7, 11) is 1.54. The van der Waals surface area contributed by atoms with Crippen LogP contribution in [0.2, 0.25) is 0 Å². The lowest BCUT2D eigenvalue weighted by molar-refractivity contribution is -0.116. The number of hydrogen-bond donors (Lipinski definition) is 2. The third kappa shape index (κ3) is 3.31. The number of nitrogens with one attached hydrogen (secondary N) is 1. The van der Waals surface area contributed by atoms with Gasteiger partial charge in [-0.25, -0.2) is 0 Å². The van der Waals surface area contributed by atoms with Crippen LogP contribution in [-0.4, -0.2) is 42.0 Å². The van der Waals surface area contributed by atoms with E-state index in [9.17, 15) is 9.59 Å². The Morgan fingerprint density at radius 3 is 3.00 bits per heavy atom. The van der Waals surface area contributed by atoms with Gasteiger partial charge in [-0.1, -0.05) is 11.8 Å². The third-order valence-corrected chi connectivity index (χ3v) is 3.61. The summed E-state index contributed by atoms with van der Waals surface area (Å²) >= 11 is 1.23. The Labute approximate surface area is 115 Å². The highest BCUT2D eigenvalue weighted by Crippen LogP contribution is 2.24. The molecule has 1 aromatic rings. The molecule has 102 valence electrons. The van der Waals surface area contributed by atoms with E-state index in [1.54, 1.807) is 18.2 Å². The van der Waals surface area contributed by atoms with E-state index in [1.807, 2.05) is 0 Å². The van der Waals surface area contributed by atoms with E-state index in [4.69, 9.17) is 10.5 Å². The van der Waals surface area contributed by atoms with E-state index in [0.717, 1.165) is 5.75 Å². The van der Waals surface area contributed by atoms with Crippen molar-refractivity contribution in [2.75, 3.05) is 37.0 Å². The average molecular weight is 281 g/mol. The lowest BCUT2D eigenvalue weighted by Gasteiger charge is -2.15. The summed E-state index contributed by atoms with van der Waals surface area (Å²) in [6.07, 6.45) is 0. The minimum absolute atomic E-state index is 0.0441. The molecule has 0 aliphatic carbocycles. The molecule has 0 bridgehead atoms. The third-order valence-electron chi connectivity index (χ3n) is 2.71. The van der Waals surface area contributed by atoms with Crippen molar-refractivity contribution in [2.24, 2.45) is 0 Å². The molecule has 6 nitrogen and oxygen atoms in total. The molecule has 1 aliphatic heterocycles. The molecule has 1 fully saturated rings. The zero-order chi connectivity index (χ0) is 13.8. The maximum Gasteiger partial charge on any atom is 0.282 e. The normalized spacial score (nSPS) is 14.6. The Morgan fingerprint density at radius 2 is 2.37 bits per heavy atom. The van der Waals surface area contributed by atoms with E-state index in [2.05, 4.69) is 5.32 Å². The van der Waals surface area contributed by atoms with E-state index >= 15 is 0 Å². The molecular weight excluding hydrogens is 266 g/mol. The van der Waals surface area contributed by atoms with Gasteiger partial charge in [-0.05, 0) is 12.1 Å². The highest BCUT2D eigenvalue weighted by Gasteiger charge is 2.23. The zero-order valence-electron chi connectivity index (χ0n) is 10.5. The van der Waals surface area contributed by atoms with Crippen molar-refractivity contribution < 1.29 is 14.3 Å². The van der Waals surface area contributed by atoms with Crippen LogP contribution in [0.3, 0.4) is 0 Å². The van der Waals surface area contributed by atoms with Gasteiger partial charge in [0, 0.05) is 18.4 Å². The van der Waals surface area contributed by atoms with Gasteiger partial charge >= 0.3 is 0 Å². The summed E-state index contributed by atoms with van der Waals surface area (Å²) in [5.74, 6) is 1.07. The number of ether oxygens (including phenoxy) is 1. The SMILES string of the molecule is COc1ccc(N)c(NC(=O)CN2CCSC2=O)c1. The molecule has 2 rings (SSSR count). The van der Waals surface area contributed by atoms with E-state index in [-0.39, 0.29) is 17.7 Å². The van der Waals surface area contributed by atoms with Crippen LogP contribution < -0.4 is 15.8 Å². The minimum atomic E-state index is -0.268. The Morgan fingerprint density at radius 1 is 1.58 bits per heavy atom. The Bertz CT molecular complexity index is 507. The van der Waals surface area contributed by atoms with Crippen molar-refractivity contribution in [2.45, 2.75) is 0 Å². The van der Waals surface area contributed by atoms with Crippen LogP contribution in [0.15, 0.2) is 18.2 Å². The van der Waals surface area contributed by atoms with Crippen LogP contribution >= 0.6 is 11.8 Å². The number of amides is 2. The number of nitrogens with zero attached hydrogens (tertiary/aromatic N) is 1. The van der Waals surface area contributed by atoms with Crippen molar-refractivity contribution in [3.63, 3.8) is 0 Å². The fourth-order valence-corrected chi connectivity index (χ4v) is 2.53. The molecule has 0 atom stereocenters. The molecule has 3 N–H and O–H groups in total. The molecule has 1 aliphatic rings. The lowest BCUT2D eigenvalue weighted by Crippen LogP contribution is -2.33. The number of anilines is 2. The standard InChI is InChI=1S/C12H15N3O3S/c1-18-8-2-3-9(13)10(6-8)14-11(16)7-15-4-5-19-12(15)17/h2-3,6H,4-5,7,13H2,1H3,(H,14,16). The van der Waals surface area contributed by atoms with Gasteiger partial charge in [-0.3, -0.25) is 9.59 Å². The summed E-state index contributed by atoms with van der Waals surface area (Å²) in [5, 5.41) is 2.62. The van der Waals surface area contributed by atoms with Gasteiger partial charge in [-0.2, -0.15) is 0 Å². The Hall–Kier alpha value is -1.89. The second-order valence-electron chi connectivity index (χ2n) is 4.04.